The summed E-state index contributed by atoms with van der Waals surface area (Å²) in [6.45, 7) is 3.66. The lowest BCUT2D eigenvalue weighted by atomic mass is 10.1. The first-order valence-electron chi connectivity index (χ1n) is 4.48. The third-order valence-corrected chi connectivity index (χ3v) is 2.27. The van der Waals surface area contributed by atoms with Gasteiger partial charge in [0.25, 0.3) is 0 Å². The average molecular weight is 224 g/mol. The SMILES string of the molecule is CCOc1ccc(C#N)c(Cl)c1C(C)=O. The standard InChI is InChI=1S/C11H10ClNO2/c1-3-15-9-5-4-8(6-13)11(12)10(9)7(2)14/h4-5H,3H2,1-2H3. The number of nitrogens with zero attached hydrogens (tertiary/aromatic N) is 1. The predicted molar refractivity (Wildman–Crippen MR) is 57.3 cm³/mol. The number of hydrogen-bond acceptors (Lipinski definition) is 3. The van der Waals surface area contributed by atoms with Crippen LogP contribution in [0.4, 0.5) is 0 Å². The molecule has 15 heavy (non-hydrogen) atoms. The number of carbonyl (C=O) groups is 1. The lowest BCUT2D eigenvalue weighted by molar-refractivity contribution is 0.101. The Morgan fingerprint density at radius 2 is 2.27 bits per heavy atom. The lowest BCUT2D eigenvalue weighted by Gasteiger charge is -2.09. The summed E-state index contributed by atoms with van der Waals surface area (Å²) in [7, 11) is 0. The molecule has 0 N–H and O–H groups in total. The summed E-state index contributed by atoms with van der Waals surface area (Å²) in [5.74, 6) is 0.217. The van der Waals surface area contributed by atoms with Crippen LogP contribution in [0.25, 0.3) is 0 Å². The Bertz CT molecular complexity index is 435. The molecule has 4 heteroatoms. The first-order valence-corrected chi connectivity index (χ1v) is 4.86. The fourth-order valence-electron chi connectivity index (χ4n) is 1.25. The van der Waals surface area contributed by atoms with Crippen LogP contribution in [0.5, 0.6) is 5.75 Å². The number of hydrogen-bond donors (Lipinski definition) is 0. The van der Waals surface area contributed by atoms with E-state index in [1.807, 2.05) is 13.0 Å². The van der Waals surface area contributed by atoms with Crippen LogP contribution >= 0.6 is 11.6 Å². The highest BCUT2D eigenvalue weighted by Crippen LogP contribution is 2.30. The molecule has 0 heterocycles. The second kappa shape index (κ2) is 4.81. The molecule has 0 spiro atoms. The number of carbonyl (C=O) groups excluding carboxylic acids is 1. The maximum absolute atomic E-state index is 11.4. The maximum Gasteiger partial charge on any atom is 0.165 e. The molecule has 1 aromatic rings. The van der Waals surface area contributed by atoms with Crippen LogP contribution in [-0.2, 0) is 0 Å². The van der Waals surface area contributed by atoms with E-state index in [9.17, 15) is 4.79 Å². The molecule has 0 bridgehead atoms. The quantitative estimate of drug-likeness (QED) is 0.741. The van der Waals surface area contributed by atoms with E-state index in [1.54, 1.807) is 12.1 Å². The predicted octanol–water partition coefficient (Wildman–Crippen LogP) is 2.81. The van der Waals surface area contributed by atoms with Gasteiger partial charge in [-0.2, -0.15) is 5.26 Å². The molecule has 0 unspecified atom stereocenters. The summed E-state index contributed by atoms with van der Waals surface area (Å²) < 4.78 is 5.26. The van der Waals surface area contributed by atoms with Gasteiger partial charge in [0.05, 0.1) is 22.8 Å². The molecule has 78 valence electrons. The van der Waals surface area contributed by atoms with Crippen LogP contribution in [0.1, 0.15) is 29.8 Å². The first kappa shape index (κ1) is 11.5. The van der Waals surface area contributed by atoms with Gasteiger partial charge in [-0.15, -0.1) is 0 Å². The van der Waals surface area contributed by atoms with Crippen molar-refractivity contribution in [3.05, 3.63) is 28.3 Å². The number of benzene rings is 1. The Labute approximate surface area is 93.2 Å². The number of Topliss-reactive ketones (excluding diaryl/α,β-unsaturated/α-hetero) is 1. The summed E-state index contributed by atoms with van der Waals surface area (Å²) in [6.07, 6.45) is 0. The van der Waals surface area contributed by atoms with Crippen molar-refractivity contribution >= 4 is 17.4 Å². The van der Waals surface area contributed by atoms with Gasteiger partial charge in [-0.3, -0.25) is 4.79 Å². The monoisotopic (exact) mass is 223 g/mol. The highest BCUT2D eigenvalue weighted by Gasteiger charge is 2.16. The molecule has 0 saturated carbocycles. The molecule has 0 aliphatic rings. The van der Waals surface area contributed by atoms with Gasteiger partial charge in [0.1, 0.15) is 11.8 Å². The molecule has 0 aliphatic carbocycles. The molecule has 0 saturated heterocycles. The van der Waals surface area contributed by atoms with Crippen LogP contribution in [0.15, 0.2) is 12.1 Å². The highest BCUT2D eigenvalue weighted by molar-refractivity contribution is 6.35. The maximum atomic E-state index is 11.4. The van der Waals surface area contributed by atoms with Crippen molar-refractivity contribution in [3.63, 3.8) is 0 Å². The molecular weight excluding hydrogens is 214 g/mol. The topological polar surface area (TPSA) is 50.1 Å². The zero-order valence-electron chi connectivity index (χ0n) is 8.50. The van der Waals surface area contributed by atoms with Gasteiger partial charge in [0.15, 0.2) is 5.78 Å². The molecule has 0 aromatic heterocycles. The third-order valence-electron chi connectivity index (χ3n) is 1.88. The zero-order chi connectivity index (χ0) is 11.4. The van der Waals surface area contributed by atoms with E-state index in [-0.39, 0.29) is 21.9 Å². The summed E-state index contributed by atoms with van der Waals surface area (Å²) >= 11 is 5.92. The van der Waals surface area contributed by atoms with Crippen LogP contribution in [0.2, 0.25) is 5.02 Å². The van der Waals surface area contributed by atoms with Crippen LogP contribution in [0.3, 0.4) is 0 Å². The molecule has 1 aromatic carbocycles. The molecule has 0 fully saturated rings. The van der Waals surface area contributed by atoms with E-state index >= 15 is 0 Å². The van der Waals surface area contributed by atoms with Gasteiger partial charge in [-0.05, 0) is 26.0 Å². The fourth-order valence-corrected chi connectivity index (χ4v) is 1.58. The van der Waals surface area contributed by atoms with E-state index in [0.29, 0.717) is 12.4 Å². The number of ether oxygens (including phenoxy) is 1. The van der Waals surface area contributed by atoms with Gasteiger partial charge in [-0.1, -0.05) is 11.6 Å². The van der Waals surface area contributed by atoms with Gasteiger partial charge in [0.2, 0.25) is 0 Å². The average Bonchev–Trinajstić information content (AvgIpc) is 2.18. The van der Waals surface area contributed by atoms with Crippen molar-refractivity contribution in [1.29, 1.82) is 5.26 Å². The Kier molecular flexibility index (Phi) is 3.70. The summed E-state index contributed by atoms with van der Waals surface area (Å²) in [5, 5.41) is 8.92. The van der Waals surface area contributed by atoms with Crippen LogP contribution in [0, 0.1) is 11.3 Å². The van der Waals surface area contributed by atoms with Crippen molar-refractivity contribution in [2.45, 2.75) is 13.8 Å². The van der Waals surface area contributed by atoms with E-state index < -0.39 is 0 Å². The van der Waals surface area contributed by atoms with E-state index in [0.717, 1.165) is 0 Å². The summed E-state index contributed by atoms with van der Waals surface area (Å²) in [6, 6.07) is 5.05. The molecule has 1 rings (SSSR count). The largest absolute Gasteiger partial charge is 0.493 e. The first-order chi connectivity index (χ1) is 7.11. The van der Waals surface area contributed by atoms with Gasteiger partial charge < -0.3 is 4.74 Å². The second-order valence-electron chi connectivity index (χ2n) is 2.90. The van der Waals surface area contributed by atoms with Crippen molar-refractivity contribution < 1.29 is 9.53 Å². The summed E-state index contributed by atoms with van der Waals surface area (Å²) in [5.41, 5.74) is 0.558. The molecule has 0 atom stereocenters. The van der Waals surface area contributed by atoms with Crippen molar-refractivity contribution in [3.8, 4) is 11.8 Å². The minimum Gasteiger partial charge on any atom is -0.493 e. The van der Waals surface area contributed by atoms with Crippen LogP contribution < -0.4 is 4.74 Å². The minimum atomic E-state index is -0.208. The van der Waals surface area contributed by atoms with Crippen molar-refractivity contribution in [2.75, 3.05) is 6.61 Å². The Hall–Kier alpha value is -1.53. The normalized spacial score (nSPS) is 9.47. The zero-order valence-corrected chi connectivity index (χ0v) is 9.26. The Morgan fingerprint density at radius 1 is 1.60 bits per heavy atom. The van der Waals surface area contributed by atoms with Crippen molar-refractivity contribution in [1.82, 2.24) is 0 Å². The van der Waals surface area contributed by atoms with Gasteiger partial charge in [-0.25, -0.2) is 0 Å². The molecular formula is C11H10ClNO2. The lowest BCUT2D eigenvalue weighted by Crippen LogP contribution is -2.02. The van der Waals surface area contributed by atoms with Crippen molar-refractivity contribution in [2.24, 2.45) is 0 Å². The minimum absolute atomic E-state index is 0.163. The highest BCUT2D eigenvalue weighted by atomic mass is 35.5. The number of halogens is 1. The van der Waals surface area contributed by atoms with E-state index in [1.165, 1.54) is 6.92 Å². The van der Waals surface area contributed by atoms with Gasteiger partial charge >= 0.3 is 0 Å². The van der Waals surface area contributed by atoms with Gasteiger partial charge in [0, 0.05) is 0 Å². The number of nitriles is 1. The number of rotatable bonds is 3. The molecule has 3 nitrogen and oxygen atoms in total. The molecule has 0 aliphatic heterocycles. The fraction of sp³-hybridized carbons (Fsp3) is 0.273. The number of ketones is 1. The Balaban J connectivity index is 3.39. The molecule has 0 amide bonds. The second-order valence-corrected chi connectivity index (χ2v) is 3.28. The smallest absolute Gasteiger partial charge is 0.165 e. The van der Waals surface area contributed by atoms with E-state index in [2.05, 4.69) is 0 Å². The third kappa shape index (κ3) is 2.28. The van der Waals surface area contributed by atoms with E-state index in [4.69, 9.17) is 21.6 Å². The molecule has 0 radical (unpaired) electrons. The van der Waals surface area contributed by atoms with Crippen LogP contribution in [-0.4, -0.2) is 12.4 Å². The summed E-state index contributed by atoms with van der Waals surface area (Å²) in [4.78, 5) is 11.4. The Morgan fingerprint density at radius 3 is 2.73 bits per heavy atom.